The molecule has 1 aliphatic rings. The fraction of sp³-hybridized carbons (Fsp3) is 0.0769. The number of hydrogen-bond donors (Lipinski definition) is 1. The van der Waals surface area contributed by atoms with Crippen LogP contribution in [0.2, 0.25) is 0 Å². The Morgan fingerprint density at radius 2 is 1.88 bits per heavy atom. The maximum atomic E-state index is 13.2. The number of halogens is 3. The quantitative estimate of drug-likeness (QED) is 0.501. The molecule has 0 bridgehead atoms. The van der Waals surface area contributed by atoms with E-state index in [0.29, 0.717) is 6.08 Å². The van der Waals surface area contributed by atoms with E-state index in [-0.39, 0.29) is 0 Å². The standard InChI is InChI=1S/C13H3F3N4O5/c14-13(15,16)9-8(5-17)12(21)18-10(11(9)20(24)25)6-2-1-3-7(4-6)19(22)23/h3-4H,(H,18,21). The number of H-pyrrole nitrogens is 1. The van der Waals surface area contributed by atoms with Gasteiger partial charge in [-0.3, -0.25) is 25.0 Å². The van der Waals surface area contributed by atoms with E-state index in [1.54, 1.807) is 4.98 Å². The van der Waals surface area contributed by atoms with E-state index in [9.17, 15) is 38.2 Å². The summed E-state index contributed by atoms with van der Waals surface area (Å²) in [6.45, 7) is 0. The van der Waals surface area contributed by atoms with Gasteiger partial charge in [0.25, 0.3) is 11.3 Å². The van der Waals surface area contributed by atoms with Gasteiger partial charge >= 0.3 is 11.9 Å². The summed E-state index contributed by atoms with van der Waals surface area (Å²) in [4.78, 5) is 33.1. The molecule has 12 heteroatoms. The van der Waals surface area contributed by atoms with Gasteiger partial charge in [0.15, 0.2) is 5.56 Å². The molecule has 0 saturated heterocycles. The van der Waals surface area contributed by atoms with Crippen LogP contribution in [-0.2, 0) is 6.18 Å². The molecule has 9 nitrogen and oxygen atoms in total. The lowest BCUT2D eigenvalue weighted by Crippen LogP contribution is -2.23. The Morgan fingerprint density at radius 1 is 1.24 bits per heavy atom. The molecule has 0 atom stereocenters. The third kappa shape index (κ3) is 3.09. The molecule has 0 radical (unpaired) electrons. The highest BCUT2D eigenvalue weighted by molar-refractivity contribution is 5.80. The molecule has 0 aliphatic heterocycles. The summed E-state index contributed by atoms with van der Waals surface area (Å²) in [6.07, 6.45) is -3.87. The topological polar surface area (TPSA) is 143 Å². The highest BCUT2D eigenvalue weighted by atomic mass is 19.4. The summed E-state index contributed by atoms with van der Waals surface area (Å²) < 4.78 is 39.6. The van der Waals surface area contributed by atoms with Crippen molar-refractivity contribution in [2.45, 2.75) is 6.18 Å². The van der Waals surface area contributed by atoms with E-state index in [2.05, 4.69) is 11.5 Å². The van der Waals surface area contributed by atoms with Crippen LogP contribution in [-0.4, -0.2) is 14.8 Å². The average molecular weight is 352 g/mol. The zero-order valence-corrected chi connectivity index (χ0v) is 11.7. The first kappa shape index (κ1) is 17.4. The van der Waals surface area contributed by atoms with Crippen LogP contribution in [0.5, 0.6) is 0 Å². The fourth-order valence-corrected chi connectivity index (χ4v) is 2.01. The molecule has 1 aromatic heterocycles. The molecular formula is C13H3F3N4O5. The van der Waals surface area contributed by atoms with Crippen LogP contribution in [0.4, 0.5) is 18.9 Å². The molecule has 1 aliphatic carbocycles. The maximum absolute atomic E-state index is 13.2. The van der Waals surface area contributed by atoms with E-state index in [1.165, 1.54) is 0 Å². The van der Waals surface area contributed by atoms with Crippen molar-refractivity contribution in [1.82, 2.24) is 4.98 Å². The molecule has 0 amide bonds. The Bertz CT molecular complexity index is 1050. The third-order valence-corrected chi connectivity index (χ3v) is 2.97. The highest BCUT2D eigenvalue weighted by Crippen LogP contribution is 2.40. The number of alkyl halides is 3. The van der Waals surface area contributed by atoms with Crippen LogP contribution in [0.1, 0.15) is 16.8 Å². The van der Waals surface area contributed by atoms with Gasteiger partial charge in [0.05, 0.1) is 21.5 Å². The Kier molecular flexibility index (Phi) is 4.14. The van der Waals surface area contributed by atoms with Crippen molar-refractivity contribution >= 4 is 11.3 Å². The number of nitriles is 1. The molecule has 1 N–H and O–H groups in total. The molecule has 1 aromatic rings. The van der Waals surface area contributed by atoms with Gasteiger partial charge in [-0.2, -0.15) is 18.4 Å². The molecular weight excluding hydrogens is 349 g/mol. The van der Waals surface area contributed by atoms with Crippen molar-refractivity contribution < 1.29 is 23.0 Å². The Labute approximate surface area is 134 Å². The lowest BCUT2D eigenvalue weighted by atomic mass is 10.0. The predicted molar refractivity (Wildman–Crippen MR) is 73.5 cm³/mol. The van der Waals surface area contributed by atoms with Crippen LogP contribution >= 0.6 is 0 Å². The Morgan fingerprint density at radius 3 is 2.36 bits per heavy atom. The first-order valence-corrected chi connectivity index (χ1v) is 6.08. The summed E-state index contributed by atoms with van der Waals surface area (Å²) in [6, 6.07) is 0.980. The molecule has 1 heterocycles. The van der Waals surface area contributed by atoms with Gasteiger partial charge in [0, 0.05) is 6.08 Å². The van der Waals surface area contributed by atoms with Crippen molar-refractivity contribution in [3.05, 3.63) is 76.7 Å². The number of rotatable bonds is 3. The molecule has 0 spiro atoms. The molecule has 0 unspecified atom stereocenters. The van der Waals surface area contributed by atoms with E-state index in [4.69, 9.17) is 5.26 Å². The fourth-order valence-electron chi connectivity index (χ4n) is 2.01. The first-order chi connectivity index (χ1) is 11.6. The van der Waals surface area contributed by atoms with Crippen molar-refractivity contribution in [3.8, 4) is 6.07 Å². The van der Waals surface area contributed by atoms with Crippen LogP contribution in [0.3, 0.4) is 0 Å². The number of aromatic nitrogens is 1. The number of nitrogens with zero attached hydrogens (tertiary/aromatic N) is 3. The second kappa shape index (κ2) is 5.93. The van der Waals surface area contributed by atoms with Gasteiger partial charge in [0.2, 0.25) is 0 Å². The summed E-state index contributed by atoms with van der Waals surface area (Å²) in [5, 5.41) is 30.7. The molecule has 2 rings (SSSR count). The Hall–Kier alpha value is -3.93. The number of pyridine rings is 1. The zero-order chi connectivity index (χ0) is 18.9. The van der Waals surface area contributed by atoms with Gasteiger partial charge < -0.3 is 4.98 Å². The largest absolute Gasteiger partial charge is 0.424 e. The average Bonchev–Trinajstić information content (AvgIpc) is 2.52. The van der Waals surface area contributed by atoms with Gasteiger partial charge in [-0.05, 0) is 0 Å². The molecule has 0 saturated carbocycles. The van der Waals surface area contributed by atoms with Gasteiger partial charge in [0.1, 0.15) is 17.3 Å². The van der Waals surface area contributed by atoms with Crippen molar-refractivity contribution in [2.75, 3.05) is 0 Å². The number of hydrogen-bond acceptors (Lipinski definition) is 6. The SMILES string of the molecule is N#Cc1c(C(F)(F)F)c([N+](=O)[O-])c(C2=C=C=CC([N+](=O)[O-])=C2)[nH]c1=O. The number of nitrogens with one attached hydrogen (secondary N) is 1. The second-order valence-corrected chi connectivity index (χ2v) is 4.45. The van der Waals surface area contributed by atoms with Crippen molar-refractivity contribution in [3.63, 3.8) is 0 Å². The maximum Gasteiger partial charge on any atom is 0.424 e. The molecule has 126 valence electrons. The molecule has 0 aromatic carbocycles. The molecule has 25 heavy (non-hydrogen) atoms. The summed E-state index contributed by atoms with van der Waals surface area (Å²) in [5.41, 5.74) is -4.56. The second-order valence-electron chi connectivity index (χ2n) is 4.45. The predicted octanol–water partition coefficient (Wildman–Crippen LogP) is 2.04. The highest BCUT2D eigenvalue weighted by Gasteiger charge is 2.45. The van der Waals surface area contributed by atoms with Crippen LogP contribution < -0.4 is 5.56 Å². The molecule has 0 fully saturated rings. The number of allylic oxidation sites excluding steroid dienone is 3. The van der Waals surface area contributed by atoms with E-state index < -0.39 is 55.4 Å². The van der Waals surface area contributed by atoms with Gasteiger partial charge in [-0.25, -0.2) is 0 Å². The van der Waals surface area contributed by atoms with E-state index in [1.807, 2.05) is 0 Å². The van der Waals surface area contributed by atoms with Crippen molar-refractivity contribution in [1.29, 1.82) is 5.26 Å². The van der Waals surface area contributed by atoms with Crippen LogP contribution in [0, 0.1) is 31.6 Å². The summed E-state index contributed by atoms with van der Waals surface area (Å²) >= 11 is 0. The lowest BCUT2D eigenvalue weighted by Gasteiger charge is -2.12. The summed E-state index contributed by atoms with van der Waals surface area (Å²) in [5.74, 6) is 0. The smallest absolute Gasteiger partial charge is 0.315 e. The third-order valence-electron chi connectivity index (χ3n) is 2.97. The minimum absolute atomic E-state index is 0.562. The minimum Gasteiger partial charge on any atom is -0.315 e. The van der Waals surface area contributed by atoms with Crippen LogP contribution in [0.25, 0.3) is 5.57 Å². The van der Waals surface area contributed by atoms with Gasteiger partial charge in [-0.15, -0.1) is 0 Å². The van der Waals surface area contributed by atoms with E-state index in [0.717, 1.165) is 12.1 Å². The summed E-state index contributed by atoms with van der Waals surface area (Å²) in [7, 11) is 0. The number of aromatic amines is 1. The van der Waals surface area contributed by atoms with Crippen molar-refractivity contribution in [2.24, 2.45) is 0 Å². The minimum atomic E-state index is -5.39. The van der Waals surface area contributed by atoms with Crippen LogP contribution in [0.15, 0.2) is 34.1 Å². The number of nitro groups is 2. The van der Waals surface area contributed by atoms with E-state index >= 15 is 0 Å². The Balaban J connectivity index is 2.98. The normalized spacial score (nSPS) is 13.0. The van der Waals surface area contributed by atoms with Gasteiger partial charge in [-0.1, -0.05) is 11.5 Å². The zero-order valence-electron chi connectivity index (χ0n) is 11.7. The first-order valence-electron chi connectivity index (χ1n) is 6.08. The monoisotopic (exact) mass is 352 g/mol. The lowest BCUT2D eigenvalue weighted by molar-refractivity contribution is -0.418.